The minimum atomic E-state index is -1.68. The summed E-state index contributed by atoms with van der Waals surface area (Å²) in [5.74, 6) is -1.09. The summed E-state index contributed by atoms with van der Waals surface area (Å²) in [6.45, 7) is 6.69. The van der Waals surface area contributed by atoms with Gasteiger partial charge >= 0.3 is 5.97 Å². The molecule has 0 fully saturated rings. The normalized spacial score (nSPS) is 15.6. The molecule has 0 heterocycles. The van der Waals surface area contributed by atoms with Crippen molar-refractivity contribution in [1.82, 2.24) is 0 Å². The second-order valence-corrected chi connectivity index (χ2v) is 5.10. The Labute approximate surface area is 95.1 Å². The van der Waals surface area contributed by atoms with Gasteiger partial charge in [-0.2, -0.15) is 0 Å². The van der Waals surface area contributed by atoms with Crippen LogP contribution in [0, 0.1) is 5.41 Å². The standard InChI is InChI=1S/C13H17FO2/c1-12(2,3)13(4,14)10-8-6-5-7-9(10)11(15)16/h5-8H,1-4H3,(H,15,16). The van der Waals surface area contributed by atoms with Crippen LogP contribution in [0.25, 0.3) is 0 Å². The molecule has 3 heteroatoms. The van der Waals surface area contributed by atoms with Crippen molar-refractivity contribution in [2.45, 2.75) is 33.4 Å². The van der Waals surface area contributed by atoms with Crippen LogP contribution in [0.2, 0.25) is 0 Å². The molecule has 0 radical (unpaired) electrons. The van der Waals surface area contributed by atoms with Gasteiger partial charge < -0.3 is 5.11 Å². The van der Waals surface area contributed by atoms with Gasteiger partial charge in [-0.1, -0.05) is 39.0 Å². The molecule has 1 aromatic carbocycles. The third-order valence-corrected chi connectivity index (χ3v) is 3.07. The minimum Gasteiger partial charge on any atom is -0.478 e. The summed E-state index contributed by atoms with van der Waals surface area (Å²) in [5, 5.41) is 9.03. The van der Waals surface area contributed by atoms with Crippen molar-refractivity contribution in [3.63, 3.8) is 0 Å². The zero-order chi connectivity index (χ0) is 12.6. The summed E-state index contributed by atoms with van der Waals surface area (Å²) in [6, 6.07) is 6.23. The van der Waals surface area contributed by atoms with Gasteiger partial charge in [0.05, 0.1) is 5.56 Å². The number of rotatable bonds is 2. The van der Waals surface area contributed by atoms with E-state index in [1.54, 1.807) is 32.9 Å². The highest BCUT2D eigenvalue weighted by atomic mass is 19.1. The van der Waals surface area contributed by atoms with E-state index >= 15 is 0 Å². The van der Waals surface area contributed by atoms with E-state index in [1.165, 1.54) is 19.1 Å². The molecule has 0 aliphatic rings. The monoisotopic (exact) mass is 224 g/mol. The maximum absolute atomic E-state index is 14.7. The molecule has 0 aliphatic carbocycles. The lowest BCUT2D eigenvalue weighted by Crippen LogP contribution is -2.34. The molecular weight excluding hydrogens is 207 g/mol. The van der Waals surface area contributed by atoms with Crippen molar-refractivity contribution in [3.05, 3.63) is 35.4 Å². The molecule has 0 aromatic heterocycles. The summed E-state index contributed by atoms with van der Waals surface area (Å²) in [6.07, 6.45) is 0. The highest BCUT2D eigenvalue weighted by Crippen LogP contribution is 2.43. The summed E-state index contributed by atoms with van der Waals surface area (Å²) in [4.78, 5) is 11.0. The van der Waals surface area contributed by atoms with Gasteiger partial charge in [0, 0.05) is 5.56 Å². The summed E-state index contributed by atoms with van der Waals surface area (Å²) in [7, 11) is 0. The zero-order valence-electron chi connectivity index (χ0n) is 10.0. The number of carbonyl (C=O) groups is 1. The fourth-order valence-corrected chi connectivity index (χ4v) is 1.48. The average Bonchev–Trinajstić information content (AvgIpc) is 2.16. The van der Waals surface area contributed by atoms with E-state index in [0.29, 0.717) is 0 Å². The molecule has 0 saturated heterocycles. The van der Waals surface area contributed by atoms with E-state index in [9.17, 15) is 9.18 Å². The van der Waals surface area contributed by atoms with Crippen molar-refractivity contribution < 1.29 is 14.3 Å². The Morgan fingerprint density at radius 1 is 1.19 bits per heavy atom. The first-order valence-electron chi connectivity index (χ1n) is 5.19. The SMILES string of the molecule is CC(C)(C)C(C)(F)c1ccccc1C(=O)O. The lowest BCUT2D eigenvalue weighted by molar-refractivity contribution is 0.0419. The van der Waals surface area contributed by atoms with Crippen LogP contribution in [0.4, 0.5) is 4.39 Å². The van der Waals surface area contributed by atoms with Crippen LogP contribution >= 0.6 is 0 Å². The fourth-order valence-electron chi connectivity index (χ4n) is 1.48. The first kappa shape index (κ1) is 12.7. The van der Waals surface area contributed by atoms with Crippen LogP contribution < -0.4 is 0 Å². The number of alkyl halides is 1. The first-order chi connectivity index (χ1) is 7.18. The lowest BCUT2D eigenvalue weighted by Gasteiger charge is -2.35. The molecule has 1 aromatic rings. The van der Waals surface area contributed by atoms with Gasteiger partial charge in [-0.3, -0.25) is 0 Å². The van der Waals surface area contributed by atoms with Crippen LogP contribution in [-0.2, 0) is 5.67 Å². The predicted molar refractivity (Wildman–Crippen MR) is 61.3 cm³/mol. The molecule has 16 heavy (non-hydrogen) atoms. The summed E-state index contributed by atoms with van der Waals surface area (Å²) in [5.41, 5.74) is -2.07. The smallest absolute Gasteiger partial charge is 0.336 e. The Hall–Kier alpha value is -1.38. The van der Waals surface area contributed by atoms with Gasteiger partial charge in [-0.15, -0.1) is 0 Å². The molecule has 0 saturated carbocycles. The van der Waals surface area contributed by atoms with Crippen LogP contribution in [0.3, 0.4) is 0 Å². The molecule has 1 unspecified atom stereocenters. The van der Waals surface area contributed by atoms with Crippen LogP contribution in [0.1, 0.15) is 43.6 Å². The van der Waals surface area contributed by atoms with Crippen LogP contribution in [0.5, 0.6) is 0 Å². The van der Waals surface area contributed by atoms with Gasteiger partial charge in [0.15, 0.2) is 0 Å². The minimum absolute atomic E-state index is 0.0300. The van der Waals surface area contributed by atoms with Gasteiger partial charge in [0.25, 0.3) is 0 Å². The average molecular weight is 224 g/mol. The summed E-state index contributed by atoms with van der Waals surface area (Å²) < 4.78 is 14.7. The predicted octanol–water partition coefficient (Wildman–Crippen LogP) is 3.62. The molecule has 88 valence electrons. The number of hydrogen-bond acceptors (Lipinski definition) is 1. The first-order valence-corrected chi connectivity index (χ1v) is 5.19. The van der Waals surface area contributed by atoms with E-state index in [-0.39, 0.29) is 11.1 Å². The quantitative estimate of drug-likeness (QED) is 0.833. The Bertz CT molecular complexity index is 403. The molecule has 1 N–H and O–H groups in total. The third-order valence-electron chi connectivity index (χ3n) is 3.07. The number of halogens is 1. The highest BCUT2D eigenvalue weighted by molar-refractivity contribution is 5.89. The Morgan fingerprint density at radius 2 is 1.69 bits per heavy atom. The van der Waals surface area contributed by atoms with E-state index in [4.69, 9.17) is 5.11 Å². The highest BCUT2D eigenvalue weighted by Gasteiger charge is 2.41. The van der Waals surface area contributed by atoms with E-state index in [2.05, 4.69) is 0 Å². The maximum atomic E-state index is 14.7. The molecule has 0 spiro atoms. The largest absolute Gasteiger partial charge is 0.478 e. The number of aromatic carboxylic acids is 1. The van der Waals surface area contributed by atoms with Gasteiger partial charge in [-0.25, -0.2) is 9.18 Å². The van der Waals surface area contributed by atoms with E-state index in [1.807, 2.05) is 0 Å². The van der Waals surface area contributed by atoms with Crippen molar-refractivity contribution in [2.24, 2.45) is 5.41 Å². The molecule has 0 bridgehead atoms. The Morgan fingerprint density at radius 3 is 2.12 bits per heavy atom. The second kappa shape index (κ2) is 3.89. The van der Waals surface area contributed by atoms with Crippen molar-refractivity contribution in [1.29, 1.82) is 0 Å². The van der Waals surface area contributed by atoms with Crippen molar-refractivity contribution in [3.8, 4) is 0 Å². The van der Waals surface area contributed by atoms with E-state index in [0.717, 1.165) is 0 Å². The van der Waals surface area contributed by atoms with Gasteiger partial charge in [-0.05, 0) is 18.4 Å². The van der Waals surface area contributed by atoms with Gasteiger partial charge in [0.1, 0.15) is 5.67 Å². The number of carboxylic acid groups (broad SMARTS) is 1. The molecule has 1 atom stereocenters. The van der Waals surface area contributed by atoms with Crippen LogP contribution in [0.15, 0.2) is 24.3 Å². The molecule has 0 amide bonds. The molecular formula is C13H17FO2. The fraction of sp³-hybridized carbons (Fsp3) is 0.462. The number of carboxylic acids is 1. The molecule has 1 rings (SSSR count). The maximum Gasteiger partial charge on any atom is 0.336 e. The van der Waals surface area contributed by atoms with Crippen molar-refractivity contribution >= 4 is 5.97 Å². The third kappa shape index (κ3) is 2.08. The second-order valence-electron chi connectivity index (χ2n) is 5.10. The van der Waals surface area contributed by atoms with E-state index < -0.39 is 17.1 Å². The van der Waals surface area contributed by atoms with Crippen LogP contribution in [-0.4, -0.2) is 11.1 Å². The Balaban J connectivity index is 3.39. The molecule has 2 nitrogen and oxygen atoms in total. The topological polar surface area (TPSA) is 37.3 Å². The number of benzene rings is 1. The lowest BCUT2D eigenvalue weighted by atomic mass is 9.73. The zero-order valence-corrected chi connectivity index (χ0v) is 10.0. The van der Waals surface area contributed by atoms with Crippen molar-refractivity contribution in [2.75, 3.05) is 0 Å². The number of hydrogen-bond donors (Lipinski definition) is 1. The summed E-state index contributed by atoms with van der Waals surface area (Å²) >= 11 is 0. The molecule has 0 aliphatic heterocycles. The van der Waals surface area contributed by atoms with Gasteiger partial charge in [0.2, 0.25) is 0 Å². The Kier molecular flexibility index (Phi) is 3.08.